The second-order valence-electron chi connectivity index (χ2n) is 7.18. The molecule has 0 unspecified atom stereocenters. The highest BCUT2D eigenvalue weighted by Gasteiger charge is 2.19. The van der Waals surface area contributed by atoms with E-state index in [-0.39, 0.29) is 18.1 Å². The van der Waals surface area contributed by atoms with Gasteiger partial charge in [0.2, 0.25) is 11.1 Å². The second kappa shape index (κ2) is 9.55. The minimum Gasteiger partial charge on any atom is -0.311 e. The van der Waals surface area contributed by atoms with Gasteiger partial charge in [0.05, 0.1) is 23.9 Å². The van der Waals surface area contributed by atoms with Gasteiger partial charge in [-0.25, -0.2) is 0 Å². The number of hydrogen-bond acceptors (Lipinski definition) is 6. The van der Waals surface area contributed by atoms with E-state index in [1.807, 2.05) is 58.0 Å². The Kier molecular flexibility index (Phi) is 6.85. The summed E-state index contributed by atoms with van der Waals surface area (Å²) in [5.74, 6) is 0.0830. The van der Waals surface area contributed by atoms with E-state index in [4.69, 9.17) is 5.26 Å². The Labute approximate surface area is 180 Å². The summed E-state index contributed by atoms with van der Waals surface area (Å²) < 4.78 is 1.66. The smallest absolute Gasteiger partial charge is 0.237 e. The van der Waals surface area contributed by atoms with Crippen molar-refractivity contribution in [2.45, 2.75) is 39.3 Å². The highest BCUT2D eigenvalue weighted by atomic mass is 32.2. The first-order chi connectivity index (χ1) is 14.4. The molecule has 0 saturated heterocycles. The molecule has 3 rings (SSSR count). The fraction of sp³-hybridized carbons (Fsp3) is 0.318. The molecule has 0 aliphatic heterocycles. The van der Waals surface area contributed by atoms with E-state index < -0.39 is 0 Å². The lowest BCUT2D eigenvalue weighted by molar-refractivity contribution is -0.116. The summed E-state index contributed by atoms with van der Waals surface area (Å²) in [6.45, 7) is 8.40. The normalized spacial score (nSPS) is 10.6. The van der Waals surface area contributed by atoms with Gasteiger partial charge >= 0.3 is 0 Å². The van der Waals surface area contributed by atoms with E-state index in [2.05, 4.69) is 27.7 Å². The average molecular weight is 421 g/mol. The third kappa shape index (κ3) is 4.86. The van der Waals surface area contributed by atoms with E-state index in [1.54, 1.807) is 9.58 Å². The molecular formula is C22H24N6OS. The summed E-state index contributed by atoms with van der Waals surface area (Å²) in [4.78, 5) is 14.7. The minimum atomic E-state index is -0.0873. The lowest BCUT2D eigenvalue weighted by Crippen LogP contribution is -2.33. The predicted octanol–water partition coefficient (Wildman–Crippen LogP) is 3.93. The predicted molar refractivity (Wildman–Crippen MR) is 118 cm³/mol. The Morgan fingerprint density at radius 1 is 1.17 bits per heavy atom. The summed E-state index contributed by atoms with van der Waals surface area (Å²) in [5, 5.41) is 21.6. The van der Waals surface area contributed by atoms with Crippen LogP contribution in [0.5, 0.6) is 0 Å². The Bertz CT molecular complexity index is 1080. The number of aryl methyl sites for hydroxylation is 3. The summed E-state index contributed by atoms with van der Waals surface area (Å²) in [7, 11) is 0. The van der Waals surface area contributed by atoms with Crippen LogP contribution in [0.25, 0.3) is 5.69 Å². The van der Waals surface area contributed by atoms with Crippen LogP contribution in [0.15, 0.2) is 41.6 Å². The zero-order valence-electron chi connectivity index (χ0n) is 17.6. The number of carbonyl (C=O) groups is 1. The van der Waals surface area contributed by atoms with Gasteiger partial charge in [-0.3, -0.25) is 4.79 Å². The number of carbonyl (C=O) groups excluding carboxylic acids is 1. The molecular weight excluding hydrogens is 396 g/mol. The SMILES string of the molecule is Cc1cc(C)cc(N(CCC#N)C(=O)CSc2nnnn2-c2cccc(C)c2C)c1. The fourth-order valence-corrected chi connectivity index (χ4v) is 4.02. The Hall–Kier alpha value is -3.18. The molecule has 1 heterocycles. The molecule has 0 aliphatic rings. The molecule has 0 fully saturated rings. The molecule has 2 aromatic carbocycles. The van der Waals surface area contributed by atoms with Crippen LogP contribution in [0.4, 0.5) is 5.69 Å². The van der Waals surface area contributed by atoms with Crippen LogP contribution in [0.2, 0.25) is 0 Å². The molecule has 0 spiro atoms. The average Bonchev–Trinajstić information content (AvgIpc) is 3.16. The number of tetrazole rings is 1. The fourth-order valence-electron chi connectivity index (χ4n) is 3.26. The molecule has 1 aromatic heterocycles. The van der Waals surface area contributed by atoms with Crippen LogP contribution >= 0.6 is 11.8 Å². The topological polar surface area (TPSA) is 87.7 Å². The van der Waals surface area contributed by atoms with Crippen molar-refractivity contribution in [3.63, 3.8) is 0 Å². The molecule has 7 nitrogen and oxygen atoms in total. The maximum Gasteiger partial charge on any atom is 0.237 e. The van der Waals surface area contributed by atoms with Crippen LogP contribution in [0, 0.1) is 39.0 Å². The van der Waals surface area contributed by atoms with E-state index in [1.165, 1.54) is 11.8 Å². The number of nitrogens with zero attached hydrogens (tertiary/aromatic N) is 6. The van der Waals surface area contributed by atoms with Gasteiger partial charge in [0.25, 0.3) is 0 Å². The summed E-state index contributed by atoms with van der Waals surface area (Å²) >= 11 is 1.29. The van der Waals surface area contributed by atoms with Gasteiger partial charge in [-0.2, -0.15) is 9.94 Å². The van der Waals surface area contributed by atoms with Gasteiger partial charge in [0.1, 0.15) is 0 Å². The molecule has 30 heavy (non-hydrogen) atoms. The molecule has 0 bridgehead atoms. The molecule has 0 N–H and O–H groups in total. The Balaban J connectivity index is 1.81. The number of benzene rings is 2. The van der Waals surface area contributed by atoms with Gasteiger partial charge in [0, 0.05) is 12.2 Å². The highest BCUT2D eigenvalue weighted by molar-refractivity contribution is 7.99. The van der Waals surface area contributed by atoms with Crippen molar-refractivity contribution in [2.75, 3.05) is 17.2 Å². The zero-order valence-corrected chi connectivity index (χ0v) is 18.4. The monoisotopic (exact) mass is 420 g/mol. The molecule has 0 saturated carbocycles. The number of thioether (sulfide) groups is 1. The molecule has 1 amide bonds. The quantitative estimate of drug-likeness (QED) is 0.538. The summed E-state index contributed by atoms with van der Waals surface area (Å²) in [6.07, 6.45) is 0.267. The first-order valence-corrected chi connectivity index (χ1v) is 10.6. The maximum atomic E-state index is 13.1. The molecule has 0 atom stereocenters. The number of anilines is 1. The summed E-state index contributed by atoms with van der Waals surface area (Å²) in [6, 6.07) is 14.1. The molecule has 3 aromatic rings. The van der Waals surface area contributed by atoms with E-state index in [0.29, 0.717) is 11.7 Å². The standard InChI is InChI=1S/C22H24N6OS/c1-15-11-16(2)13-19(12-15)27(10-6-9-23)21(29)14-30-22-24-25-26-28(22)20-8-5-7-17(3)18(20)4/h5,7-8,11-13H,6,10,14H2,1-4H3. The minimum absolute atomic E-state index is 0.0873. The van der Waals surface area contributed by atoms with E-state index in [0.717, 1.165) is 33.6 Å². The van der Waals surface area contributed by atoms with E-state index >= 15 is 0 Å². The number of nitriles is 1. The first kappa shape index (κ1) is 21.5. The number of aromatic nitrogens is 4. The van der Waals surface area contributed by atoms with Crippen molar-refractivity contribution < 1.29 is 4.79 Å². The van der Waals surface area contributed by atoms with Crippen molar-refractivity contribution in [3.8, 4) is 11.8 Å². The third-order valence-electron chi connectivity index (χ3n) is 4.84. The van der Waals surface area contributed by atoms with Crippen molar-refractivity contribution in [1.29, 1.82) is 5.26 Å². The maximum absolute atomic E-state index is 13.1. The van der Waals surface area contributed by atoms with Gasteiger partial charge in [-0.05, 0) is 78.6 Å². The van der Waals surface area contributed by atoms with Crippen LogP contribution < -0.4 is 4.90 Å². The Morgan fingerprint density at radius 3 is 2.60 bits per heavy atom. The number of rotatable bonds is 7. The van der Waals surface area contributed by atoms with Crippen molar-refractivity contribution in [1.82, 2.24) is 20.2 Å². The van der Waals surface area contributed by atoms with Gasteiger partial charge in [-0.15, -0.1) is 5.10 Å². The third-order valence-corrected chi connectivity index (χ3v) is 5.74. The van der Waals surface area contributed by atoms with Crippen LogP contribution in [0.3, 0.4) is 0 Å². The number of amides is 1. The zero-order chi connectivity index (χ0) is 21.7. The first-order valence-electron chi connectivity index (χ1n) is 9.64. The lowest BCUT2D eigenvalue weighted by atomic mass is 10.1. The van der Waals surface area contributed by atoms with Gasteiger partial charge < -0.3 is 4.90 Å². The van der Waals surface area contributed by atoms with Crippen molar-refractivity contribution in [2.24, 2.45) is 0 Å². The second-order valence-corrected chi connectivity index (χ2v) is 8.12. The Morgan fingerprint density at radius 2 is 1.90 bits per heavy atom. The van der Waals surface area contributed by atoms with Crippen molar-refractivity contribution >= 4 is 23.4 Å². The largest absolute Gasteiger partial charge is 0.311 e. The molecule has 154 valence electrons. The number of hydrogen-bond donors (Lipinski definition) is 0. The van der Waals surface area contributed by atoms with Crippen LogP contribution in [0.1, 0.15) is 28.7 Å². The van der Waals surface area contributed by atoms with Gasteiger partial charge in [-0.1, -0.05) is 30.0 Å². The molecule has 0 radical (unpaired) electrons. The summed E-state index contributed by atoms with van der Waals surface area (Å²) in [5.41, 5.74) is 6.09. The molecule has 8 heteroatoms. The van der Waals surface area contributed by atoms with Gasteiger partial charge in [0.15, 0.2) is 0 Å². The highest BCUT2D eigenvalue weighted by Crippen LogP contribution is 2.24. The molecule has 0 aliphatic carbocycles. The van der Waals surface area contributed by atoms with E-state index in [9.17, 15) is 4.79 Å². The van der Waals surface area contributed by atoms with Crippen molar-refractivity contribution in [3.05, 3.63) is 58.7 Å². The van der Waals surface area contributed by atoms with Crippen LogP contribution in [-0.2, 0) is 4.79 Å². The van der Waals surface area contributed by atoms with Crippen LogP contribution in [-0.4, -0.2) is 38.4 Å². The lowest BCUT2D eigenvalue weighted by Gasteiger charge is -2.22.